The zero-order valence-electron chi connectivity index (χ0n) is 13.8. The van der Waals surface area contributed by atoms with Gasteiger partial charge in [-0.1, -0.05) is 0 Å². The topological polar surface area (TPSA) is 88.3 Å². The number of aliphatic hydroxyl groups is 1. The van der Waals surface area contributed by atoms with Gasteiger partial charge in [-0.3, -0.25) is 9.78 Å². The van der Waals surface area contributed by atoms with Crippen LogP contribution in [0.1, 0.15) is 0 Å². The lowest BCUT2D eigenvalue weighted by molar-refractivity contribution is 0.201. The number of aromatic nitrogens is 2. The molecule has 0 amide bonds. The van der Waals surface area contributed by atoms with Gasteiger partial charge in [0, 0.05) is 41.2 Å². The highest BCUT2D eigenvalue weighted by molar-refractivity contribution is 5.92. The number of rotatable bonds is 5. The largest absolute Gasteiger partial charge is 0.491 e. The summed E-state index contributed by atoms with van der Waals surface area (Å²) >= 11 is 0. The Kier molecular flexibility index (Phi) is 4.25. The fourth-order valence-corrected chi connectivity index (χ4v) is 2.76. The molecular weight excluding hydrogens is 332 g/mol. The standard InChI is InChI=1S/C20H16N2O4/c23-9-10-25-15-4-1-13(2-5-15)18-11-17-20(26-18)16(7-8-21-17)14-3-6-19(24)22-12-14/h1-8,11-12,23H,9-10H2,(H,22,24). The van der Waals surface area contributed by atoms with Crippen LogP contribution in [0.3, 0.4) is 0 Å². The summed E-state index contributed by atoms with van der Waals surface area (Å²) in [5.74, 6) is 1.38. The van der Waals surface area contributed by atoms with E-state index >= 15 is 0 Å². The van der Waals surface area contributed by atoms with E-state index in [1.807, 2.05) is 36.4 Å². The number of nitrogens with zero attached hydrogens (tertiary/aromatic N) is 1. The number of aliphatic hydroxyl groups excluding tert-OH is 1. The van der Waals surface area contributed by atoms with E-state index in [-0.39, 0.29) is 18.8 Å². The second kappa shape index (κ2) is 6.85. The van der Waals surface area contributed by atoms with E-state index in [2.05, 4.69) is 9.97 Å². The van der Waals surface area contributed by atoms with Gasteiger partial charge in [0.1, 0.15) is 23.6 Å². The van der Waals surface area contributed by atoms with Crippen molar-refractivity contribution in [2.24, 2.45) is 0 Å². The van der Waals surface area contributed by atoms with E-state index in [4.69, 9.17) is 14.3 Å². The molecule has 0 aliphatic heterocycles. The predicted octanol–water partition coefficient (Wildman–Crippen LogP) is 3.22. The Labute approximate surface area is 148 Å². The van der Waals surface area contributed by atoms with E-state index in [0.717, 1.165) is 22.2 Å². The smallest absolute Gasteiger partial charge is 0.247 e. The fourth-order valence-electron chi connectivity index (χ4n) is 2.76. The molecule has 0 atom stereocenters. The molecule has 6 nitrogen and oxygen atoms in total. The van der Waals surface area contributed by atoms with E-state index in [9.17, 15) is 4.79 Å². The molecule has 2 N–H and O–H groups in total. The first kappa shape index (κ1) is 16.1. The maximum absolute atomic E-state index is 11.3. The lowest BCUT2D eigenvalue weighted by Gasteiger charge is -2.04. The number of pyridine rings is 2. The molecule has 4 rings (SSSR count). The summed E-state index contributed by atoms with van der Waals surface area (Å²) in [6.07, 6.45) is 3.38. The zero-order valence-corrected chi connectivity index (χ0v) is 13.8. The van der Waals surface area contributed by atoms with E-state index in [1.165, 1.54) is 6.07 Å². The summed E-state index contributed by atoms with van der Waals surface area (Å²) in [5.41, 5.74) is 3.86. The Morgan fingerprint density at radius 1 is 1.08 bits per heavy atom. The number of hydrogen-bond acceptors (Lipinski definition) is 5. The molecule has 0 saturated carbocycles. The van der Waals surface area contributed by atoms with Gasteiger partial charge in [0.2, 0.25) is 5.56 Å². The predicted molar refractivity (Wildman–Crippen MR) is 98.1 cm³/mol. The lowest BCUT2D eigenvalue weighted by Crippen LogP contribution is -2.01. The number of H-pyrrole nitrogens is 1. The van der Waals surface area contributed by atoms with Gasteiger partial charge in [0.15, 0.2) is 5.58 Å². The molecular formula is C20H16N2O4. The van der Waals surface area contributed by atoms with Crippen molar-refractivity contribution in [2.75, 3.05) is 13.2 Å². The van der Waals surface area contributed by atoms with Crippen LogP contribution in [0.5, 0.6) is 5.75 Å². The van der Waals surface area contributed by atoms with Gasteiger partial charge in [-0.2, -0.15) is 0 Å². The molecule has 26 heavy (non-hydrogen) atoms. The van der Waals surface area contributed by atoms with Gasteiger partial charge >= 0.3 is 0 Å². The monoisotopic (exact) mass is 348 g/mol. The summed E-state index contributed by atoms with van der Waals surface area (Å²) in [5, 5.41) is 8.81. The minimum atomic E-state index is -0.150. The highest BCUT2D eigenvalue weighted by Gasteiger charge is 2.12. The van der Waals surface area contributed by atoms with Crippen molar-refractivity contribution in [2.45, 2.75) is 0 Å². The molecule has 0 unspecified atom stereocenters. The quantitative estimate of drug-likeness (QED) is 0.578. The molecule has 130 valence electrons. The number of benzene rings is 1. The van der Waals surface area contributed by atoms with Crippen molar-refractivity contribution in [1.82, 2.24) is 9.97 Å². The van der Waals surface area contributed by atoms with Crippen molar-refractivity contribution in [3.8, 4) is 28.2 Å². The highest BCUT2D eigenvalue weighted by atomic mass is 16.5. The second-order valence-corrected chi connectivity index (χ2v) is 5.72. The number of nitrogens with one attached hydrogen (secondary N) is 1. The summed E-state index contributed by atoms with van der Waals surface area (Å²) in [4.78, 5) is 18.3. The van der Waals surface area contributed by atoms with E-state index in [1.54, 1.807) is 18.5 Å². The minimum Gasteiger partial charge on any atom is -0.491 e. The Bertz CT molecular complexity index is 1080. The van der Waals surface area contributed by atoms with E-state index in [0.29, 0.717) is 17.1 Å². The van der Waals surface area contributed by atoms with Crippen LogP contribution in [0.2, 0.25) is 0 Å². The van der Waals surface area contributed by atoms with Gasteiger partial charge in [-0.25, -0.2) is 0 Å². The maximum Gasteiger partial charge on any atom is 0.247 e. The molecule has 3 heterocycles. The third-order valence-electron chi connectivity index (χ3n) is 4.01. The molecule has 0 aliphatic rings. The van der Waals surface area contributed by atoms with Crippen LogP contribution in [-0.4, -0.2) is 28.3 Å². The van der Waals surface area contributed by atoms with Gasteiger partial charge in [0.05, 0.1) is 6.61 Å². The molecule has 0 aliphatic carbocycles. The average Bonchev–Trinajstić information content (AvgIpc) is 3.12. The van der Waals surface area contributed by atoms with Crippen molar-refractivity contribution < 1.29 is 14.3 Å². The number of fused-ring (bicyclic) bond motifs is 1. The number of aromatic amines is 1. The van der Waals surface area contributed by atoms with Crippen LogP contribution in [0, 0.1) is 0 Å². The molecule has 1 aromatic carbocycles. The SMILES string of the molecule is O=c1ccc(-c2ccnc3cc(-c4ccc(OCCO)cc4)oc23)c[nH]1. The number of furan rings is 1. The van der Waals surface area contributed by atoms with Crippen molar-refractivity contribution in [3.05, 3.63) is 71.3 Å². The highest BCUT2D eigenvalue weighted by Crippen LogP contribution is 2.33. The molecule has 4 aromatic rings. The molecule has 3 aromatic heterocycles. The lowest BCUT2D eigenvalue weighted by atomic mass is 10.1. The summed E-state index contributed by atoms with van der Waals surface area (Å²) in [6.45, 7) is 0.237. The van der Waals surface area contributed by atoms with Crippen molar-refractivity contribution in [1.29, 1.82) is 0 Å². The van der Waals surface area contributed by atoms with Crippen LogP contribution < -0.4 is 10.3 Å². The summed E-state index contributed by atoms with van der Waals surface area (Å²) < 4.78 is 11.4. The van der Waals surface area contributed by atoms with Crippen LogP contribution in [-0.2, 0) is 0 Å². The second-order valence-electron chi connectivity index (χ2n) is 5.72. The Hall–Kier alpha value is -3.38. The Morgan fingerprint density at radius 2 is 1.88 bits per heavy atom. The molecule has 0 saturated heterocycles. The van der Waals surface area contributed by atoms with Crippen LogP contribution >= 0.6 is 0 Å². The van der Waals surface area contributed by atoms with Gasteiger partial charge < -0.3 is 19.2 Å². The fraction of sp³-hybridized carbons (Fsp3) is 0.100. The summed E-state index contributed by atoms with van der Waals surface area (Å²) in [7, 11) is 0. The van der Waals surface area contributed by atoms with Crippen molar-refractivity contribution in [3.63, 3.8) is 0 Å². The van der Waals surface area contributed by atoms with Crippen LogP contribution in [0.4, 0.5) is 0 Å². The van der Waals surface area contributed by atoms with Crippen LogP contribution in [0.15, 0.2) is 70.1 Å². The zero-order chi connectivity index (χ0) is 17.9. The molecule has 6 heteroatoms. The van der Waals surface area contributed by atoms with E-state index < -0.39 is 0 Å². The first-order valence-corrected chi connectivity index (χ1v) is 8.16. The average molecular weight is 348 g/mol. The Morgan fingerprint density at radius 3 is 2.62 bits per heavy atom. The molecule has 0 bridgehead atoms. The van der Waals surface area contributed by atoms with Crippen molar-refractivity contribution >= 4 is 11.1 Å². The molecule has 0 radical (unpaired) electrons. The Balaban J connectivity index is 1.73. The van der Waals surface area contributed by atoms with Gasteiger partial charge in [-0.05, 0) is 36.4 Å². The summed E-state index contributed by atoms with van der Waals surface area (Å²) in [6, 6.07) is 14.4. The normalized spacial score (nSPS) is 11.0. The first-order valence-electron chi connectivity index (χ1n) is 8.16. The third kappa shape index (κ3) is 3.10. The first-order chi connectivity index (χ1) is 12.7. The van der Waals surface area contributed by atoms with Crippen LogP contribution in [0.25, 0.3) is 33.6 Å². The number of ether oxygens (including phenoxy) is 1. The molecule has 0 spiro atoms. The maximum atomic E-state index is 11.3. The van der Waals surface area contributed by atoms with Gasteiger partial charge in [-0.15, -0.1) is 0 Å². The van der Waals surface area contributed by atoms with Gasteiger partial charge in [0.25, 0.3) is 0 Å². The third-order valence-corrected chi connectivity index (χ3v) is 4.01. The molecule has 0 fully saturated rings. The minimum absolute atomic E-state index is 0.0233. The number of hydrogen-bond donors (Lipinski definition) is 2.